The number of hydrogen-bond acceptors (Lipinski definition) is 3. The second-order valence-electron chi connectivity index (χ2n) is 5.33. The lowest BCUT2D eigenvalue weighted by atomic mass is 9.96. The Kier molecular flexibility index (Phi) is 8.32. The number of rotatable bonds is 3. The summed E-state index contributed by atoms with van der Waals surface area (Å²) in [5.41, 5.74) is 8.80. The van der Waals surface area contributed by atoms with Crippen LogP contribution in [0.25, 0.3) is 0 Å². The Labute approximate surface area is 166 Å². The van der Waals surface area contributed by atoms with E-state index in [1.807, 2.05) is 49.4 Å². The molecule has 26 heavy (non-hydrogen) atoms. The average molecular weight is 502 g/mol. The second kappa shape index (κ2) is 9.54. The molecule has 9 heteroatoms. The van der Waals surface area contributed by atoms with Crippen molar-refractivity contribution in [1.29, 1.82) is 0 Å². The normalized spacial score (nSPS) is 13.4. The molecule has 2 aromatic carbocycles. The molecule has 0 amide bonds. The topological polar surface area (TPSA) is 83.5 Å². The van der Waals surface area contributed by atoms with E-state index in [-0.39, 0.29) is 0 Å². The molecule has 0 bridgehead atoms. The molecule has 0 heterocycles. The highest BCUT2D eigenvalue weighted by molar-refractivity contribution is 14.1. The van der Waals surface area contributed by atoms with Crippen LogP contribution in [0.4, 0.5) is 13.2 Å². The van der Waals surface area contributed by atoms with Crippen molar-refractivity contribution in [3.63, 3.8) is 0 Å². The van der Waals surface area contributed by atoms with Gasteiger partial charge in [-0.2, -0.15) is 13.2 Å². The lowest BCUT2D eigenvalue weighted by Crippen LogP contribution is -2.21. The highest BCUT2D eigenvalue weighted by Gasteiger charge is 2.38. The Morgan fingerprint density at radius 2 is 1.62 bits per heavy atom. The van der Waals surface area contributed by atoms with Crippen LogP contribution in [0, 0.1) is 10.5 Å². The van der Waals surface area contributed by atoms with Crippen molar-refractivity contribution in [2.24, 2.45) is 5.73 Å². The maximum Gasteiger partial charge on any atom is 0.490 e. The first kappa shape index (κ1) is 22.7. The quantitative estimate of drug-likeness (QED) is 0.536. The van der Waals surface area contributed by atoms with Crippen molar-refractivity contribution < 1.29 is 28.2 Å². The number of aliphatic hydroxyl groups excluding tert-OH is 1. The predicted octanol–water partition coefficient (Wildman–Crippen LogP) is 4.62. The molecule has 0 saturated carbocycles. The number of aliphatic carboxylic acids is 1. The molecule has 0 spiro atoms. The maximum absolute atomic E-state index is 10.6. The first-order valence-electron chi connectivity index (χ1n) is 7.18. The van der Waals surface area contributed by atoms with Crippen LogP contribution >= 0.6 is 34.2 Å². The van der Waals surface area contributed by atoms with Gasteiger partial charge >= 0.3 is 12.1 Å². The third kappa shape index (κ3) is 6.75. The van der Waals surface area contributed by atoms with Crippen LogP contribution in [-0.4, -0.2) is 22.4 Å². The molecule has 0 aliphatic rings. The van der Waals surface area contributed by atoms with E-state index in [0.29, 0.717) is 5.02 Å². The van der Waals surface area contributed by atoms with Crippen molar-refractivity contribution >= 4 is 40.2 Å². The van der Waals surface area contributed by atoms with E-state index in [2.05, 4.69) is 22.6 Å². The zero-order valence-electron chi connectivity index (χ0n) is 13.5. The summed E-state index contributed by atoms with van der Waals surface area (Å²) in [6.07, 6.45) is -5.81. The number of alkyl halides is 3. The summed E-state index contributed by atoms with van der Waals surface area (Å²) in [6.45, 7) is 1.93. The van der Waals surface area contributed by atoms with E-state index >= 15 is 0 Å². The summed E-state index contributed by atoms with van der Waals surface area (Å²) < 4.78 is 32.9. The number of hydrogen-bond donors (Lipinski definition) is 3. The van der Waals surface area contributed by atoms with E-state index in [0.717, 1.165) is 20.3 Å². The van der Waals surface area contributed by atoms with Gasteiger partial charge < -0.3 is 15.9 Å². The lowest BCUT2D eigenvalue weighted by Gasteiger charge is -2.20. The minimum absolute atomic E-state index is 0.462. The van der Waals surface area contributed by atoms with Crippen LogP contribution < -0.4 is 5.73 Å². The van der Waals surface area contributed by atoms with E-state index in [9.17, 15) is 18.3 Å². The number of nitrogens with two attached hydrogens (primary N) is 1. The van der Waals surface area contributed by atoms with E-state index < -0.39 is 24.3 Å². The zero-order valence-corrected chi connectivity index (χ0v) is 16.4. The van der Waals surface area contributed by atoms with Gasteiger partial charge in [0.15, 0.2) is 0 Å². The molecule has 2 atom stereocenters. The first-order valence-corrected chi connectivity index (χ1v) is 8.64. The summed E-state index contributed by atoms with van der Waals surface area (Å²) >= 11 is 8.22. The summed E-state index contributed by atoms with van der Waals surface area (Å²) in [4.78, 5) is 8.90. The highest BCUT2D eigenvalue weighted by Crippen LogP contribution is 2.29. The standard InChI is InChI=1S/C15H15ClINO.C2HF3O2/c1-9-8-11(4-7-13(9)16)14(18)15(19)10-2-5-12(17)6-3-10;3-2(4,5)1(6)7/h2-8,14-15,19H,18H2,1H3;(H,6,7). The Morgan fingerprint density at radius 3 is 2.04 bits per heavy atom. The van der Waals surface area contributed by atoms with Crippen molar-refractivity contribution in [3.8, 4) is 0 Å². The number of aryl methyl sites for hydroxylation is 1. The molecule has 0 saturated heterocycles. The Balaban J connectivity index is 0.000000412. The predicted molar refractivity (Wildman–Crippen MR) is 101 cm³/mol. The van der Waals surface area contributed by atoms with Gasteiger partial charge in [0.2, 0.25) is 0 Å². The zero-order chi connectivity index (χ0) is 20.1. The third-order valence-electron chi connectivity index (χ3n) is 3.36. The fraction of sp³-hybridized carbons (Fsp3) is 0.235. The van der Waals surface area contributed by atoms with Crippen LogP contribution in [0.3, 0.4) is 0 Å². The van der Waals surface area contributed by atoms with Crippen LogP contribution in [0.2, 0.25) is 5.02 Å². The van der Waals surface area contributed by atoms with E-state index in [1.165, 1.54) is 0 Å². The first-order chi connectivity index (χ1) is 11.9. The number of benzene rings is 2. The molecule has 2 unspecified atom stereocenters. The Bertz CT molecular complexity index is 754. The largest absolute Gasteiger partial charge is 0.490 e. The van der Waals surface area contributed by atoms with Gasteiger partial charge in [0.25, 0.3) is 0 Å². The molecule has 142 valence electrons. The van der Waals surface area contributed by atoms with Crippen molar-refractivity contribution in [2.45, 2.75) is 25.2 Å². The summed E-state index contributed by atoms with van der Waals surface area (Å²) in [6, 6.07) is 12.8. The summed E-state index contributed by atoms with van der Waals surface area (Å²) in [5, 5.41) is 18.2. The van der Waals surface area contributed by atoms with E-state index in [1.54, 1.807) is 0 Å². The SMILES string of the molecule is Cc1cc(C(N)C(O)c2ccc(I)cc2)ccc1Cl.O=C(O)C(F)(F)F. The molecule has 0 aliphatic carbocycles. The maximum atomic E-state index is 10.6. The number of aliphatic hydroxyl groups is 1. The van der Waals surface area contributed by atoms with Gasteiger partial charge in [-0.15, -0.1) is 0 Å². The van der Waals surface area contributed by atoms with Crippen molar-refractivity contribution in [2.75, 3.05) is 0 Å². The van der Waals surface area contributed by atoms with Crippen molar-refractivity contribution in [1.82, 2.24) is 0 Å². The minimum atomic E-state index is -5.08. The van der Waals surface area contributed by atoms with Gasteiger partial charge in [0, 0.05) is 8.59 Å². The Hall–Kier alpha value is -1.36. The monoisotopic (exact) mass is 501 g/mol. The van der Waals surface area contributed by atoms with Crippen molar-refractivity contribution in [3.05, 3.63) is 67.7 Å². The van der Waals surface area contributed by atoms with Gasteiger partial charge in [-0.25, -0.2) is 4.79 Å². The van der Waals surface area contributed by atoms with Crippen LogP contribution in [0.1, 0.15) is 28.8 Å². The number of halogens is 5. The molecule has 2 rings (SSSR count). The lowest BCUT2D eigenvalue weighted by molar-refractivity contribution is -0.192. The fourth-order valence-electron chi connectivity index (χ4n) is 1.92. The van der Waals surface area contributed by atoms with Gasteiger partial charge in [-0.05, 0) is 64.4 Å². The van der Waals surface area contributed by atoms with Crippen LogP contribution in [-0.2, 0) is 4.79 Å². The molecule has 0 aliphatic heterocycles. The molecule has 2 aromatic rings. The molecular weight excluding hydrogens is 486 g/mol. The smallest absolute Gasteiger partial charge is 0.475 e. The molecule has 0 aromatic heterocycles. The second-order valence-corrected chi connectivity index (χ2v) is 6.99. The number of carboxylic acid groups (broad SMARTS) is 1. The number of carboxylic acids is 1. The molecule has 4 nitrogen and oxygen atoms in total. The minimum Gasteiger partial charge on any atom is -0.475 e. The molecule has 0 fully saturated rings. The fourth-order valence-corrected chi connectivity index (χ4v) is 2.40. The van der Waals surface area contributed by atoms with Gasteiger partial charge in [0.05, 0.1) is 12.1 Å². The number of carbonyl (C=O) groups is 1. The summed E-state index contributed by atoms with van der Waals surface area (Å²) in [7, 11) is 0. The summed E-state index contributed by atoms with van der Waals surface area (Å²) in [5.74, 6) is -2.76. The molecular formula is C17H16ClF3INO3. The average Bonchev–Trinajstić information content (AvgIpc) is 2.56. The van der Waals surface area contributed by atoms with Gasteiger partial charge in [-0.1, -0.05) is 35.9 Å². The van der Waals surface area contributed by atoms with Crippen LogP contribution in [0.5, 0.6) is 0 Å². The van der Waals surface area contributed by atoms with E-state index in [4.69, 9.17) is 27.2 Å². The highest BCUT2D eigenvalue weighted by atomic mass is 127. The van der Waals surface area contributed by atoms with Crippen LogP contribution in [0.15, 0.2) is 42.5 Å². The van der Waals surface area contributed by atoms with Gasteiger partial charge in [-0.3, -0.25) is 0 Å². The van der Waals surface area contributed by atoms with Gasteiger partial charge in [0.1, 0.15) is 0 Å². The third-order valence-corrected chi connectivity index (χ3v) is 4.50. The Morgan fingerprint density at radius 1 is 1.15 bits per heavy atom. The molecule has 4 N–H and O–H groups in total. The molecule has 0 radical (unpaired) electrons.